The zero-order valence-electron chi connectivity index (χ0n) is 16.0. The van der Waals surface area contributed by atoms with Crippen LogP contribution in [0.5, 0.6) is 0 Å². The summed E-state index contributed by atoms with van der Waals surface area (Å²) in [7, 11) is 0. The Morgan fingerprint density at radius 1 is 1.36 bits per heavy atom. The molecule has 9 heteroatoms. The van der Waals surface area contributed by atoms with Crippen molar-refractivity contribution >= 4 is 11.7 Å². The molecule has 2 aliphatic heterocycles. The Labute approximate surface area is 163 Å². The molecule has 0 radical (unpaired) electrons. The van der Waals surface area contributed by atoms with Gasteiger partial charge in [-0.1, -0.05) is 5.16 Å². The van der Waals surface area contributed by atoms with Crippen LogP contribution in [-0.2, 0) is 14.3 Å². The van der Waals surface area contributed by atoms with E-state index in [0.29, 0.717) is 44.6 Å². The first-order valence-corrected chi connectivity index (χ1v) is 9.68. The third-order valence-electron chi connectivity index (χ3n) is 5.03. The largest absolute Gasteiger partial charge is 0.376 e. The van der Waals surface area contributed by atoms with Crippen molar-refractivity contribution in [2.75, 3.05) is 44.4 Å². The van der Waals surface area contributed by atoms with Gasteiger partial charge in [0.2, 0.25) is 5.91 Å². The number of ether oxygens (including phenoxy) is 2. The lowest BCUT2D eigenvalue weighted by Crippen LogP contribution is -2.46. The second-order valence-corrected chi connectivity index (χ2v) is 7.15. The Hall–Kier alpha value is -2.52. The minimum atomic E-state index is -0.0571. The van der Waals surface area contributed by atoms with Crippen LogP contribution in [0.4, 0.5) is 5.82 Å². The number of carbonyl (C=O) groups is 1. The van der Waals surface area contributed by atoms with Crippen molar-refractivity contribution in [3.63, 3.8) is 0 Å². The van der Waals surface area contributed by atoms with Crippen molar-refractivity contribution in [1.29, 1.82) is 0 Å². The van der Waals surface area contributed by atoms with Crippen molar-refractivity contribution in [1.82, 2.24) is 20.4 Å². The van der Waals surface area contributed by atoms with Crippen molar-refractivity contribution in [3.05, 3.63) is 24.2 Å². The maximum absolute atomic E-state index is 12.6. The maximum Gasteiger partial charge on any atom is 0.259 e. The number of hydrogen-bond acceptors (Lipinski definition) is 8. The molecule has 1 N–H and O–H groups in total. The zero-order valence-corrected chi connectivity index (χ0v) is 16.0. The molecule has 0 spiro atoms. The Kier molecular flexibility index (Phi) is 5.82. The number of rotatable bonds is 5. The van der Waals surface area contributed by atoms with Gasteiger partial charge in [-0.05, 0) is 31.9 Å². The standard InChI is InChI=1S/C19H25N5O4/c1-13-22-19(28-23-13)14-4-5-17(20-9-14)24-6-2-3-15(11-24)18(25)21-10-16-12-26-7-8-27-16/h4-5,9,15-16H,2-3,6-8,10-12H2,1H3,(H,21,25)/t15-,16+/m1/s1. The van der Waals surface area contributed by atoms with Gasteiger partial charge in [-0.2, -0.15) is 4.98 Å². The Balaban J connectivity index is 1.33. The van der Waals surface area contributed by atoms with Crippen LogP contribution in [0.25, 0.3) is 11.5 Å². The average Bonchev–Trinajstić information content (AvgIpc) is 3.19. The molecule has 150 valence electrons. The number of anilines is 1. The molecular formula is C19H25N5O4. The Morgan fingerprint density at radius 2 is 2.29 bits per heavy atom. The highest BCUT2D eigenvalue weighted by Crippen LogP contribution is 2.24. The molecule has 0 saturated carbocycles. The minimum absolute atomic E-state index is 0.0556. The molecule has 4 heterocycles. The fourth-order valence-electron chi connectivity index (χ4n) is 3.53. The molecule has 9 nitrogen and oxygen atoms in total. The number of pyridine rings is 1. The van der Waals surface area contributed by atoms with Crippen molar-refractivity contribution in [2.45, 2.75) is 25.9 Å². The van der Waals surface area contributed by atoms with E-state index in [4.69, 9.17) is 14.0 Å². The Bertz CT molecular complexity index is 788. The third-order valence-corrected chi connectivity index (χ3v) is 5.03. The van der Waals surface area contributed by atoms with Crippen LogP contribution in [0.3, 0.4) is 0 Å². The van der Waals surface area contributed by atoms with E-state index >= 15 is 0 Å². The number of nitrogens with one attached hydrogen (secondary N) is 1. The summed E-state index contributed by atoms with van der Waals surface area (Å²) in [6, 6.07) is 3.85. The molecule has 2 atom stereocenters. The molecule has 2 aromatic heterocycles. The fraction of sp³-hybridized carbons (Fsp3) is 0.579. The summed E-state index contributed by atoms with van der Waals surface area (Å²) in [5, 5.41) is 6.81. The third kappa shape index (κ3) is 4.48. The predicted octanol–water partition coefficient (Wildman–Crippen LogP) is 1.19. The highest BCUT2D eigenvalue weighted by atomic mass is 16.6. The monoisotopic (exact) mass is 387 g/mol. The summed E-state index contributed by atoms with van der Waals surface area (Å²) >= 11 is 0. The van der Waals surface area contributed by atoms with Gasteiger partial charge >= 0.3 is 0 Å². The van der Waals surface area contributed by atoms with E-state index in [1.54, 1.807) is 13.1 Å². The van der Waals surface area contributed by atoms with E-state index < -0.39 is 0 Å². The molecule has 1 amide bonds. The van der Waals surface area contributed by atoms with Gasteiger partial charge in [0.05, 0.1) is 37.4 Å². The molecule has 0 aliphatic carbocycles. The highest BCUT2D eigenvalue weighted by molar-refractivity contribution is 5.79. The van der Waals surface area contributed by atoms with Crippen LogP contribution in [0, 0.1) is 12.8 Å². The quantitative estimate of drug-likeness (QED) is 0.816. The SMILES string of the molecule is Cc1noc(-c2ccc(N3CCC[C@@H](C(=O)NC[C@H]4COCCO4)C3)nc2)n1. The lowest BCUT2D eigenvalue weighted by molar-refractivity contribution is -0.127. The second-order valence-electron chi connectivity index (χ2n) is 7.15. The van der Waals surface area contributed by atoms with E-state index in [9.17, 15) is 4.79 Å². The van der Waals surface area contributed by atoms with Gasteiger partial charge in [-0.3, -0.25) is 4.79 Å². The average molecular weight is 387 g/mol. The van der Waals surface area contributed by atoms with Crippen LogP contribution in [0.15, 0.2) is 22.9 Å². The number of aryl methyl sites for hydroxylation is 1. The summed E-state index contributed by atoms with van der Waals surface area (Å²) in [5.41, 5.74) is 0.783. The van der Waals surface area contributed by atoms with Crippen LogP contribution < -0.4 is 10.2 Å². The lowest BCUT2D eigenvalue weighted by Gasteiger charge is -2.33. The van der Waals surface area contributed by atoms with E-state index in [1.165, 1.54) is 0 Å². The van der Waals surface area contributed by atoms with Crippen LogP contribution in [0.2, 0.25) is 0 Å². The predicted molar refractivity (Wildman–Crippen MR) is 101 cm³/mol. The second kappa shape index (κ2) is 8.66. The zero-order chi connectivity index (χ0) is 19.3. The topological polar surface area (TPSA) is 103 Å². The molecule has 2 aromatic rings. The highest BCUT2D eigenvalue weighted by Gasteiger charge is 2.27. The van der Waals surface area contributed by atoms with Gasteiger partial charge in [-0.15, -0.1) is 0 Å². The molecule has 2 fully saturated rings. The summed E-state index contributed by atoms with van der Waals surface area (Å²) in [4.78, 5) is 23.5. The van der Waals surface area contributed by atoms with Gasteiger partial charge in [0.1, 0.15) is 5.82 Å². The molecule has 4 rings (SSSR count). The van der Waals surface area contributed by atoms with Crippen molar-refractivity contribution in [2.24, 2.45) is 5.92 Å². The van der Waals surface area contributed by atoms with E-state index in [2.05, 4.69) is 25.3 Å². The summed E-state index contributed by atoms with van der Waals surface area (Å²) < 4.78 is 16.1. The first-order chi connectivity index (χ1) is 13.7. The van der Waals surface area contributed by atoms with Crippen molar-refractivity contribution in [3.8, 4) is 11.5 Å². The van der Waals surface area contributed by atoms with E-state index in [1.807, 2.05) is 12.1 Å². The van der Waals surface area contributed by atoms with Gasteiger partial charge in [-0.25, -0.2) is 4.98 Å². The summed E-state index contributed by atoms with van der Waals surface area (Å²) in [6.45, 7) is 5.55. The van der Waals surface area contributed by atoms with Crippen LogP contribution in [0.1, 0.15) is 18.7 Å². The van der Waals surface area contributed by atoms with E-state index in [-0.39, 0.29) is 17.9 Å². The number of amides is 1. The molecule has 0 aromatic carbocycles. The number of carbonyl (C=O) groups excluding carboxylic acids is 1. The fourth-order valence-corrected chi connectivity index (χ4v) is 3.53. The smallest absolute Gasteiger partial charge is 0.259 e. The maximum atomic E-state index is 12.6. The van der Waals surface area contributed by atoms with Gasteiger partial charge in [0.25, 0.3) is 5.89 Å². The first kappa shape index (κ1) is 18.8. The summed E-state index contributed by atoms with van der Waals surface area (Å²) in [5.74, 6) is 1.91. The molecule has 2 aliphatic rings. The molecular weight excluding hydrogens is 362 g/mol. The minimum Gasteiger partial charge on any atom is -0.376 e. The van der Waals surface area contributed by atoms with Gasteiger partial charge < -0.3 is 24.2 Å². The molecule has 2 saturated heterocycles. The van der Waals surface area contributed by atoms with Crippen LogP contribution >= 0.6 is 0 Å². The van der Waals surface area contributed by atoms with Gasteiger partial charge in [0.15, 0.2) is 5.82 Å². The Morgan fingerprint density at radius 3 is 3.00 bits per heavy atom. The number of aromatic nitrogens is 3. The van der Waals surface area contributed by atoms with Crippen molar-refractivity contribution < 1.29 is 18.8 Å². The number of nitrogens with zero attached hydrogens (tertiary/aromatic N) is 4. The normalized spacial score (nSPS) is 22.8. The lowest BCUT2D eigenvalue weighted by atomic mass is 9.97. The molecule has 28 heavy (non-hydrogen) atoms. The van der Waals surface area contributed by atoms with Gasteiger partial charge in [0, 0.05) is 25.8 Å². The number of piperidine rings is 1. The van der Waals surface area contributed by atoms with Crippen LogP contribution in [-0.4, -0.2) is 66.6 Å². The number of hydrogen-bond donors (Lipinski definition) is 1. The first-order valence-electron chi connectivity index (χ1n) is 9.68. The molecule has 0 bridgehead atoms. The molecule has 0 unspecified atom stereocenters. The van der Waals surface area contributed by atoms with E-state index in [0.717, 1.165) is 30.8 Å². The summed E-state index contributed by atoms with van der Waals surface area (Å²) in [6.07, 6.45) is 3.50.